The number of aliphatic hydroxyl groups is 3. The molecule has 5 aliphatic rings. The van der Waals surface area contributed by atoms with Gasteiger partial charge in [0, 0.05) is 18.7 Å². The number of hydrogen-bond acceptors (Lipinski definition) is 13. The normalized spacial score (nSPS) is 30.6. The van der Waals surface area contributed by atoms with Gasteiger partial charge in [-0.15, -0.1) is 0 Å². The number of para-hydroxylation sites is 1. The Kier molecular flexibility index (Phi) is 6.29. The van der Waals surface area contributed by atoms with Crippen molar-refractivity contribution in [2.24, 2.45) is 21.5 Å². The lowest BCUT2D eigenvalue weighted by Gasteiger charge is -2.49. The van der Waals surface area contributed by atoms with Crippen LogP contribution in [0.3, 0.4) is 0 Å². The van der Waals surface area contributed by atoms with Crippen LogP contribution in [0, 0.1) is 0 Å². The smallest absolute Gasteiger partial charge is 0.327 e. The number of nitrogens with two attached hydrogens (primary N) is 2. The SMILES string of the molecule is CC1(C)CCOc2c(C(=O)NC3CN4C(N)=N[C@@H](CN5C(=O)CN(CCO)C5=O)[C@@H]5N=C(N)NC54C3(O)O)cccc21. The summed E-state index contributed by atoms with van der Waals surface area (Å²) in [4.78, 5) is 51.4. The van der Waals surface area contributed by atoms with Crippen LogP contribution in [-0.2, 0) is 10.2 Å². The first-order valence-corrected chi connectivity index (χ1v) is 13.8. The Morgan fingerprint density at radius 2 is 2.00 bits per heavy atom. The molecular formula is C26H35N9O7. The van der Waals surface area contributed by atoms with Crippen molar-refractivity contribution in [3.63, 3.8) is 0 Å². The van der Waals surface area contributed by atoms with E-state index in [1.165, 1.54) is 9.80 Å². The summed E-state index contributed by atoms with van der Waals surface area (Å²) < 4.78 is 5.88. The number of aliphatic imine (C=N–C) groups is 2. The van der Waals surface area contributed by atoms with E-state index in [-0.39, 0.29) is 55.7 Å². The lowest BCUT2D eigenvalue weighted by Crippen LogP contribution is -2.78. The van der Waals surface area contributed by atoms with Gasteiger partial charge in [-0.25, -0.2) is 14.8 Å². The van der Waals surface area contributed by atoms with Crippen LogP contribution in [0.4, 0.5) is 4.79 Å². The number of hydrogen-bond donors (Lipinski definition) is 7. The third-order valence-corrected chi connectivity index (χ3v) is 8.94. The number of ether oxygens (including phenoxy) is 1. The number of urea groups is 1. The highest BCUT2D eigenvalue weighted by Gasteiger charge is 2.73. The number of guanidine groups is 2. The molecule has 16 nitrogen and oxygen atoms in total. The highest BCUT2D eigenvalue weighted by Crippen LogP contribution is 2.45. The molecule has 4 atom stereocenters. The van der Waals surface area contributed by atoms with Gasteiger partial charge in [0.1, 0.15) is 24.4 Å². The van der Waals surface area contributed by atoms with Crippen molar-refractivity contribution in [1.29, 1.82) is 0 Å². The molecule has 0 aromatic heterocycles. The maximum Gasteiger partial charge on any atom is 0.327 e. The minimum atomic E-state index is -2.70. The molecule has 6 rings (SSSR count). The van der Waals surface area contributed by atoms with Crippen LogP contribution in [0.15, 0.2) is 28.2 Å². The summed E-state index contributed by atoms with van der Waals surface area (Å²) in [7, 11) is 0. The third kappa shape index (κ3) is 3.89. The van der Waals surface area contributed by atoms with Crippen LogP contribution in [0.5, 0.6) is 5.75 Å². The summed E-state index contributed by atoms with van der Waals surface area (Å²) in [6.07, 6.45) is 0.782. The van der Waals surface area contributed by atoms with Crippen LogP contribution in [0.2, 0.25) is 0 Å². The second-order valence-electron chi connectivity index (χ2n) is 11.9. The van der Waals surface area contributed by atoms with Gasteiger partial charge in [0.25, 0.3) is 5.91 Å². The largest absolute Gasteiger partial charge is 0.492 e. The molecule has 5 heterocycles. The molecule has 42 heavy (non-hydrogen) atoms. The number of β-amino-alcohol motifs (C(OH)–C–C–N with tert-alkyl or cyclic N) is 1. The molecule has 1 spiro atoms. The van der Waals surface area contributed by atoms with Crippen LogP contribution in [0.25, 0.3) is 0 Å². The van der Waals surface area contributed by atoms with E-state index in [0.717, 1.165) is 16.9 Å². The molecule has 5 aliphatic heterocycles. The number of benzene rings is 1. The molecule has 2 saturated heterocycles. The van der Waals surface area contributed by atoms with Crippen molar-refractivity contribution in [2.75, 3.05) is 39.4 Å². The standard InChI is InChI=1S/C26H35N9O7/c1-24(2)6-9-42-18-13(4-3-5-14(18)24)20(38)30-16-11-35-22(28)29-15(10-34-17(37)12-33(7-8-36)23(34)39)19-25(35,26(16,40)41)32-21(27)31-19/h3-5,15-16,19,36,40-41H,6-12H2,1-2H3,(H2,28,29)(H,30,38)(H3,27,31,32)/t15-,16?,19-,25?/m0/s1. The molecule has 1 aromatic rings. The first-order valence-electron chi connectivity index (χ1n) is 13.8. The fraction of sp³-hybridized carbons (Fsp3) is 0.577. The van der Waals surface area contributed by atoms with Crippen molar-refractivity contribution >= 4 is 29.8 Å². The van der Waals surface area contributed by atoms with E-state index in [1.807, 2.05) is 6.07 Å². The van der Waals surface area contributed by atoms with Gasteiger partial charge in [0.05, 0.1) is 31.4 Å². The summed E-state index contributed by atoms with van der Waals surface area (Å²) in [5, 5.41) is 38.3. The molecule has 1 aromatic carbocycles. The summed E-state index contributed by atoms with van der Waals surface area (Å²) >= 11 is 0. The summed E-state index contributed by atoms with van der Waals surface area (Å²) in [5.74, 6) is -3.59. The Balaban J connectivity index is 1.29. The van der Waals surface area contributed by atoms with Crippen LogP contribution in [-0.4, -0.2) is 129 Å². The summed E-state index contributed by atoms with van der Waals surface area (Å²) in [5.41, 5.74) is 11.4. The van der Waals surface area contributed by atoms with E-state index in [9.17, 15) is 29.7 Å². The molecule has 2 unspecified atom stereocenters. The molecule has 0 radical (unpaired) electrons. The number of rotatable bonds is 6. The third-order valence-electron chi connectivity index (χ3n) is 8.94. The van der Waals surface area contributed by atoms with Gasteiger partial charge in [0.2, 0.25) is 11.7 Å². The quantitative estimate of drug-likeness (QED) is 0.130. The predicted molar refractivity (Wildman–Crippen MR) is 147 cm³/mol. The molecule has 9 N–H and O–H groups in total. The van der Waals surface area contributed by atoms with Gasteiger partial charge >= 0.3 is 6.03 Å². The number of nitrogens with zero attached hydrogens (tertiary/aromatic N) is 5. The summed E-state index contributed by atoms with van der Waals surface area (Å²) in [6, 6.07) is 1.26. The number of carbonyl (C=O) groups excluding carboxylic acids is 3. The second kappa shape index (κ2) is 9.43. The van der Waals surface area contributed by atoms with E-state index < -0.39 is 47.4 Å². The lowest BCUT2D eigenvalue weighted by atomic mass is 9.79. The molecule has 0 saturated carbocycles. The van der Waals surface area contributed by atoms with Crippen LogP contribution < -0.4 is 26.8 Å². The van der Waals surface area contributed by atoms with Gasteiger partial charge in [0.15, 0.2) is 17.6 Å². The Hall–Kier alpha value is -4.15. The summed E-state index contributed by atoms with van der Waals surface area (Å²) in [6.45, 7) is 3.60. The number of carbonyl (C=O) groups is 3. The van der Waals surface area contributed by atoms with Crippen LogP contribution >= 0.6 is 0 Å². The predicted octanol–water partition coefficient (Wildman–Crippen LogP) is -3.22. The zero-order valence-corrected chi connectivity index (χ0v) is 23.3. The van der Waals surface area contributed by atoms with E-state index >= 15 is 0 Å². The molecule has 2 fully saturated rings. The molecule has 0 bridgehead atoms. The Bertz CT molecular complexity index is 1410. The van der Waals surface area contributed by atoms with Gasteiger partial charge in [-0.05, 0) is 17.9 Å². The zero-order chi connectivity index (χ0) is 30.2. The van der Waals surface area contributed by atoms with Gasteiger partial charge in [-0.2, -0.15) is 0 Å². The van der Waals surface area contributed by atoms with Gasteiger partial charge < -0.3 is 52.0 Å². The Morgan fingerprint density at radius 1 is 1.24 bits per heavy atom. The average Bonchev–Trinajstić information content (AvgIpc) is 3.49. The van der Waals surface area contributed by atoms with E-state index in [1.54, 1.807) is 12.1 Å². The maximum atomic E-state index is 13.6. The van der Waals surface area contributed by atoms with Crippen molar-refractivity contribution in [2.45, 2.75) is 55.3 Å². The highest BCUT2D eigenvalue weighted by atomic mass is 16.5. The second-order valence-corrected chi connectivity index (χ2v) is 11.9. The first kappa shape index (κ1) is 28.0. The van der Waals surface area contributed by atoms with Crippen molar-refractivity contribution in [3.8, 4) is 5.75 Å². The number of amides is 4. The molecule has 226 valence electrons. The number of nitrogens with one attached hydrogen (secondary N) is 2. The fourth-order valence-electron chi connectivity index (χ4n) is 6.67. The lowest BCUT2D eigenvalue weighted by molar-refractivity contribution is -0.230. The minimum Gasteiger partial charge on any atom is -0.492 e. The van der Waals surface area contributed by atoms with Crippen molar-refractivity contribution in [1.82, 2.24) is 25.3 Å². The van der Waals surface area contributed by atoms with Crippen LogP contribution in [0.1, 0.15) is 36.2 Å². The minimum absolute atomic E-state index is 0.0180. The Labute approximate surface area is 241 Å². The monoisotopic (exact) mass is 585 g/mol. The maximum absolute atomic E-state index is 13.6. The highest BCUT2D eigenvalue weighted by molar-refractivity contribution is 6.02. The van der Waals surface area contributed by atoms with Gasteiger partial charge in [-0.3, -0.25) is 14.5 Å². The number of aliphatic hydroxyl groups excluding tert-OH is 1. The number of imide groups is 1. The Morgan fingerprint density at radius 3 is 2.74 bits per heavy atom. The van der Waals surface area contributed by atoms with E-state index in [4.69, 9.17) is 16.2 Å². The zero-order valence-electron chi connectivity index (χ0n) is 23.3. The molecule has 4 amide bonds. The van der Waals surface area contributed by atoms with E-state index in [0.29, 0.717) is 12.4 Å². The van der Waals surface area contributed by atoms with Gasteiger partial charge in [-0.1, -0.05) is 26.0 Å². The molecule has 16 heteroatoms. The number of fused-ring (bicyclic) bond motifs is 1. The molecular weight excluding hydrogens is 550 g/mol. The molecule has 0 aliphatic carbocycles. The van der Waals surface area contributed by atoms with Crippen molar-refractivity contribution < 1.29 is 34.4 Å². The topological polar surface area (TPSA) is 232 Å². The average molecular weight is 586 g/mol. The van der Waals surface area contributed by atoms with E-state index in [2.05, 4.69) is 34.5 Å². The first-order chi connectivity index (χ1) is 19.8. The van der Waals surface area contributed by atoms with Crippen molar-refractivity contribution in [3.05, 3.63) is 29.3 Å². The fourth-order valence-corrected chi connectivity index (χ4v) is 6.67.